The molecule has 0 spiro atoms. The van der Waals surface area contributed by atoms with Crippen LogP contribution in [0.1, 0.15) is 25.0 Å². The molecule has 11 heteroatoms. The van der Waals surface area contributed by atoms with Crippen molar-refractivity contribution in [3.8, 4) is 0 Å². The molecule has 1 fully saturated rings. The summed E-state index contributed by atoms with van der Waals surface area (Å²) < 4.78 is 77.2. The number of rotatable bonds is 3. The zero-order valence-electron chi connectivity index (χ0n) is 14.5. The molecule has 3 N–H and O–H groups in total. The fraction of sp³-hybridized carbons (Fsp3) is 0.562. The van der Waals surface area contributed by atoms with Crippen LogP contribution >= 0.6 is 0 Å². The number of aliphatic hydroxyl groups is 1. The molecule has 1 aromatic rings. The van der Waals surface area contributed by atoms with Crippen molar-refractivity contribution >= 4 is 11.6 Å². The maximum Gasteiger partial charge on any atom is 0.416 e. The topological polar surface area (TPSA) is 64.6 Å². The maximum atomic E-state index is 12.9. The number of nitrogens with one attached hydrogen (secondary N) is 2. The van der Waals surface area contributed by atoms with Gasteiger partial charge in [-0.1, -0.05) is 0 Å². The number of amides is 1. The molecule has 1 amide bonds. The Bertz CT molecular complexity index is 670. The number of benzene rings is 1. The number of halogens is 6. The molecule has 0 bridgehead atoms. The minimum Gasteiger partial charge on any atom is -0.376 e. The number of anilines is 1. The van der Waals surface area contributed by atoms with E-state index in [1.165, 1.54) is 4.90 Å². The van der Waals surface area contributed by atoms with Gasteiger partial charge >= 0.3 is 12.4 Å². The number of carbonyl (C=O) groups is 1. The molecule has 0 radical (unpaired) electrons. The van der Waals surface area contributed by atoms with E-state index in [0.29, 0.717) is 18.7 Å². The van der Waals surface area contributed by atoms with Crippen molar-refractivity contribution in [3.63, 3.8) is 0 Å². The number of aliphatic hydroxyl groups excluding tert-OH is 1. The van der Waals surface area contributed by atoms with E-state index in [9.17, 15) is 36.2 Å². The van der Waals surface area contributed by atoms with Crippen molar-refractivity contribution in [1.29, 1.82) is 0 Å². The molecular weight excluding hydrogens is 380 g/mol. The lowest BCUT2D eigenvalue weighted by atomic mass is 9.97. The van der Waals surface area contributed by atoms with Gasteiger partial charge in [0.15, 0.2) is 0 Å². The van der Waals surface area contributed by atoms with E-state index < -0.39 is 53.4 Å². The Balaban J connectivity index is 2.21. The Hall–Kier alpha value is -2.01. The highest BCUT2D eigenvalue weighted by atomic mass is 19.4. The highest BCUT2D eigenvalue weighted by Gasteiger charge is 2.40. The molecule has 1 aliphatic rings. The minimum absolute atomic E-state index is 0.0166. The van der Waals surface area contributed by atoms with Crippen molar-refractivity contribution in [1.82, 2.24) is 10.2 Å². The normalized spacial score (nSPS) is 20.5. The first-order chi connectivity index (χ1) is 12.2. The van der Waals surface area contributed by atoms with Gasteiger partial charge in [0.2, 0.25) is 5.91 Å². The quantitative estimate of drug-likeness (QED) is 0.684. The van der Waals surface area contributed by atoms with E-state index in [0.717, 1.165) is 0 Å². The monoisotopic (exact) mass is 399 g/mol. The highest BCUT2D eigenvalue weighted by Crippen LogP contribution is 2.37. The van der Waals surface area contributed by atoms with Gasteiger partial charge in [0.25, 0.3) is 0 Å². The predicted molar refractivity (Wildman–Crippen MR) is 84.7 cm³/mol. The fourth-order valence-electron chi connectivity index (χ4n) is 2.77. The molecule has 152 valence electrons. The van der Waals surface area contributed by atoms with Crippen LogP contribution in [-0.4, -0.2) is 47.3 Å². The minimum atomic E-state index is -4.97. The van der Waals surface area contributed by atoms with E-state index in [1.54, 1.807) is 13.8 Å². The Morgan fingerprint density at radius 2 is 1.70 bits per heavy atom. The van der Waals surface area contributed by atoms with Crippen LogP contribution < -0.4 is 10.6 Å². The Morgan fingerprint density at radius 1 is 1.19 bits per heavy atom. The molecule has 0 aromatic heterocycles. The van der Waals surface area contributed by atoms with Crippen LogP contribution in [-0.2, 0) is 17.1 Å². The third-order valence-electron chi connectivity index (χ3n) is 4.37. The van der Waals surface area contributed by atoms with E-state index in [4.69, 9.17) is 0 Å². The number of hydrogen-bond donors (Lipinski definition) is 3. The van der Waals surface area contributed by atoms with E-state index in [-0.39, 0.29) is 12.6 Å². The molecule has 0 saturated carbocycles. The number of hydrogen-bond acceptors (Lipinski definition) is 4. The van der Waals surface area contributed by atoms with Gasteiger partial charge in [-0.3, -0.25) is 10.1 Å². The summed E-state index contributed by atoms with van der Waals surface area (Å²) in [5, 5.41) is 15.0. The molecule has 2 rings (SSSR count). The van der Waals surface area contributed by atoms with Gasteiger partial charge in [0, 0.05) is 18.8 Å². The first kappa shape index (κ1) is 21.3. The van der Waals surface area contributed by atoms with Crippen molar-refractivity contribution in [3.05, 3.63) is 29.3 Å². The molecule has 5 nitrogen and oxygen atoms in total. The average molecular weight is 399 g/mol. The molecule has 1 aromatic carbocycles. The van der Waals surface area contributed by atoms with Crippen LogP contribution in [0.25, 0.3) is 0 Å². The predicted octanol–water partition coefficient (Wildman–Crippen LogP) is 2.66. The van der Waals surface area contributed by atoms with Crippen molar-refractivity contribution in [2.45, 2.75) is 38.0 Å². The molecule has 1 atom stereocenters. The van der Waals surface area contributed by atoms with Gasteiger partial charge in [-0.15, -0.1) is 0 Å². The van der Waals surface area contributed by atoms with Gasteiger partial charge in [0.05, 0.1) is 23.2 Å². The Morgan fingerprint density at radius 3 is 2.19 bits per heavy atom. The second kappa shape index (κ2) is 7.19. The largest absolute Gasteiger partial charge is 0.416 e. The Labute approximate surface area is 151 Å². The van der Waals surface area contributed by atoms with Gasteiger partial charge in [-0.2, -0.15) is 26.3 Å². The number of nitrogens with zero attached hydrogens (tertiary/aromatic N) is 1. The number of alkyl halides is 6. The number of carbonyl (C=O) groups excluding carboxylic acids is 1. The maximum absolute atomic E-state index is 12.9. The first-order valence-electron chi connectivity index (χ1n) is 7.98. The fourth-order valence-corrected chi connectivity index (χ4v) is 2.77. The van der Waals surface area contributed by atoms with Crippen molar-refractivity contribution in [2.24, 2.45) is 0 Å². The summed E-state index contributed by atoms with van der Waals surface area (Å²) in [6, 6.07) is 1.04. The summed E-state index contributed by atoms with van der Waals surface area (Å²) in [5.74, 6) is -0.563. The van der Waals surface area contributed by atoms with Gasteiger partial charge in [0.1, 0.15) is 6.23 Å². The second-order valence-electron chi connectivity index (χ2n) is 6.70. The van der Waals surface area contributed by atoms with Crippen LogP contribution in [0.5, 0.6) is 0 Å². The summed E-state index contributed by atoms with van der Waals surface area (Å²) in [7, 11) is 0. The standard InChI is InChI=1S/C16H19F6N3O2/c1-14(2)13(27)23-3-4-25(14)12(26)8-24-11-6-9(15(17,18)19)5-10(7-11)16(20,21)22/h5-7,13,23-24,27H,3-4,8H2,1-2H3. The SMILES string of the molecule is CC1(C)C(O)NCCN1C(=O)CNc1cc(C(F)(F)F)cc(C(F)(F)F)c1. The molecule has 1 saturated heterocycles. The van der Waals surface area contributed by atoms with Crippen LogP contribution in [0.4, 0.5) is 32.0 Å². The highest BCUT2D eigenvalue weighted by molar-refractivity contribution is 5.82. The van der Waals surface area contributed by atoms with E-state index in [2.05, 4.69) is 10.6 Å². The van der Waals surface area contributed by atoms with Crippen LogP contribution in [0, 0.1) is 0 Å². The van der Waals surface area contributed by atoms with Gasteiger partial charge < -0.3 is 15.3 Å². The van der Waals surface area contributed by atoms with Crippen molar-refractivity contribution < 1.29 is 36.2 Å². The van der Waals surface area contributed by atoms with Crippen LogP contribution in [0.2, 0.25) is 0 Å². The molecule has 1 unspecified atom stereocenters. The zero-order valence-corrected chi connectivity index (χ0v) is 14.5. The molecule has 27 heavy (non-hydrogen) atoms. The summed E-state index contributed by atoms with van der Waals surface area (Å²) >= 11 is 0. The van der Waals surface area contributed by atoms with Crippen LogP contribution in [0.15, 0.2) is 18.2 Å². The molecule has 1 aliphatic heterocycles. The lowest BCUT2D eigenvalue weighted by molar-refractivity contribution is -0.145. The second-order valence-corrected chi connectivity index (χ2v) is 6.70. The molecule has 0 aliphatic carbocycles. The summed E-state index contributed by atoms with van der Waals surface area (Å²) in [4.78, 5) is 13.7. The Kier molecular flexibility index (Phi) is 5.67. The van der Waals surface area contributed by atoms with Crippen molar-refractivity contribution in [2.75, 3.05) is 25.0 Å². The lowest BCUT2D eigenvalue weighted by Crippen LogP contribution is -2.66. The van der Waals surface area contributed by atoms with Crippen LogP contribution in [0.3, 0.4) is 0 Å². The third kappa shape index (κ3) is 4.83. The van der Waals surface area contributed by atoms with Gasteiger partial charge in [-0.25, -0.2) is 0 Å². The lowest BCUT2D eigenvalue weighted by Gasteiger charge is -2.46. The summed E-state index contributed by atoms with van der Waals surface area (Å²) in [5.41, 5.74) is -4.39. The first-order valence-corrected chi connectivity index (χ1v) is 7.98. The third-order valence-corrected chi connectivity index (χ3v) is 4.37. The number of piperazine rings is 1. The zero-order chi connectivity index (χ0) is 20.6. The molecule has 1 heterocycles. The van der Waals surface area contributed by atoms with E-state index in [1.807, 2.05) is 0 Å². The average Bonchev–Trinajstić information content (AvgIpc) is 2.53. The smallest absolute Gasteiger partial charge is 0.376 e. The summed E-state index contributed by atoms with van der Waals surface area (Å²) in [6.07, 6.45) is -10.9. The van der Waals surface area contributed by atoms with Gasteiger partial charge in [-0.05, 0) is 32.0 Å². The van der Waals surface area contributed by atoms with E-state index >= 15 is 0 Å². The summed E-state index contributed by atoms with van der Waals surface area (Å²) in [6.45, 7) is 3.20. The molecular formula is C16H19F6N3O2.